The summed E-state index contributed by atoms with van der Waals surface area (Å²) >= 11 is 0. The molecule has 0 aromatic rings. The maximum absolute atomic E-state index is 11.4. The van der Waals surface area contributed by atoms with Gasteiger partial charge in [0.1, 0.15) is 25.4 Å². The normalized spacial score (nSPS) is 25.4. The van der Waals surface area contributed by atoms with Crippen LogP contribution >= 0.6 is 0 Å². The van der Waals surface area contributed by atoms with Crippen LogP contribution in [-0.2, 0) is 47.6 Å². The van der Waals surface area contributed by atoms with Crippen LogP contribution in [0.4, 0.5) is 0 Å². The van der Waals surface area contributed by atoms with Crippen LogP contribution in [0, 0.1) is 0 Å². The van der Waals surface area contributed by atoms with E-state index in [9.17, 15) is 26.7 Å². The number of aliphatic hydroxyl groups excluding tert-OH is 1. The van der Waals surface area contributed by atoms with E-state index in [1.165, 1.54) is 0 Å². The van der Waals surface area contributed by atoms with Crippen LogP contribution in [0.3, 0.4) is 0 Å². The lowest BCUT2D eigenvalue weighted by Crippen LogP contribution is -2.52. The minimum Gasteiger partial charge on any atom is -0.433 e. The van der Waals surface area contributed by atoms with Gasteiger partial charge in [-0.2, -0.15) is 16.8 Å². The van der Waals surface area contributed by atoms with Gasteiger partial charge in [-0.25, -0.2) is 0 Å². The maximum Gasteiger partial charge on any atom is 0.305 e. The summed E-state index contributed by atoms with van der Waals surface area (Å²) in [5.41, 5.74) is -1.85. The van der Waals surface area contributed by atoms with Crippen molar-refractivity contribution >= 4 is 26.2 Å². The number of hydrogen-bond donors (Lipinski definition) is 1. The van der Waals surface area contributed by atoms with E-state index in [4.69, 9.17) is 22.6 Å². The zero-order valence-electron chi connectivity index (χ0n) is 15.6. The molecule has 1 aliphatic rings. The van der Waals surface area contributed by atoms with Gasteiger partial charge in [0.25, 0.3) is 20.2 Å². The molecule has 0 radical (unpaired) electrons. The molecule has 1 fully saturated rings. The predicted octanol–water partition coefficient (Wildman–Crippen LogP) is -0.857. The Hall–Kier alpha value is -0.830. The number of esters is 1. The zero-order valence-corrected chi connectivity index (χ0v) is 17.2. The second kappa shape index (κ2) is 9.58. The molecule has 1 rings (SSSR count). The minimum atomic E-state index is -3.94. The van der Waals surface area contributed by atoms with E-state index in [1.807, 2.05) is 6.92 Å². The van der Waals surface area contributed by atoms with Crippen molar-refractivity contribution in [1.29, 1.82) is 0 Å². The molecule has 11 nitrogen and oxygen atoms in total. The van der Waals surface area contributed by atoms with Crippen molar-refractivity contribution in [3.63, 3.8) is 0 Å². The molecule has 0 aromatic heterocycles. The van der Waals surface area contributed by atoms with Gasteiger partial charge >= 0.3 is 5.97 Å². The number of unbranched alkanes of at least 4 members (excludes halogenated alkanes) is 1. The Morgan fingerprint density at radius 1 is 1.11 bits per heavy atom. The summed E-state index contributed by atoms with van der Waals surface area (Å²) in [5.74, 6) is -0.768. The highest BCUT2D eigenvalue weighted by molar-refractivity contribution is 7.86. The lowest BCUT2D eigenvalue weighted by atomic mass is 9.97. The fraction of sp³-hybridized carbons (Fsp3) is 0.929. The minimum absolute atomic E-state index is 0.161. The van der Waals surface area contributed by atoms with Gasteiger partial charge in [0.05, 0.1) is 12.5 Å². The Labute approximate surface area is 159 Å². The third-order valence-electron chi connectivity index (χ3n) is 3.57. The number of ether oxygens (including phenoxy) is 3. The number of aliphatic hydroxyl groups is 1. The first-order valence-corrected chi connectivity index (χ1v) is 11.8. The van der Waals surface area contributed by atoms with Crippen molar-refractivity contribution in [2.45, 2.75) is 50.8 Å². The van der Waals surface area contributed by atoms with Crippen molar-refractivity contribution in [2.75, 3.05) is 32.3 Å². The summed E-state index contributed by atoms with van der Waals surface area (Å²) in [6, 6.07) is 0. The van der Waals surface area contributed by atoms with Gasteiger partial charge in [-0.05, 0) is 6.42 Å². The lowest BCUT2D eigenvalue weighted by Gasteiger charge is -2.32. The molecule has 0 spiro atoms. The Morgan fingerprint density at radius 3 is 2.04 bits per heavy atom. The van der Waals surface area contributed by atoms with Gasteiger partial charge in [0, 0.05) is 13.5 Å². The number of rotatable bonds is 11. The van der Waals surface area contributed by atoms with E-state index < -0.39 is 63.5 Å². The van der Waals surface area contributed by atoms with E-state index in [0.717, 1.165) is 25.9 Å². The third kappa shape index (κ3) is 7.97. The van der Waals surface area contributed by atoms with Crippen molar-refractivity contribution in [3.8, 4) is 0 Å². The van der Waals surface area contributed by atoms with Crippen LogP contribution in [0.2, 0.25) is 0 Å². The van der Waals surface area contributed by atoms with E-state index in [0.29, 0.717) is 6.42 Å². The topological polar surface area (TPSA) is 152 Å². The van der Waals surface area contributed by atoms with Gasteiger partial charge < -0.3 is 19.3 Å². The van der Waals surface area contributed by atoms with E-state index in [-0.39, 0.29) is 6.61 Å². The SMILES string of the molecule is CCCCO[C@H]1[C@@H](O)C(OC(C)=O)OC1(COS(C)(=O)=O)COS(C)(=O)=O. The van der Waals surface area contributed by atoms with Crippen molar-refractivity contribution in [3.05, 3.63) is 0 Å². The van der Waals surface area contributed by atoms with Crippen molar-refractivity contribution in [1.82, 2.24) is 0 Å². The highest BCUT2D eigenvalue weighted by Crippen LogP contribution is 2.36. The lowest BCUT2D eigenvalue weighted by molar-refractivity contribution is -0.208. The second-order valence-corrected chi connectivity index (χ2v) is 9.52. The average molecular weight is 434 g/mol. The molecule has 1 aliphatic heterocycles. The molecule has 13 heteroatoms. The molecule has 0 amide bonds. The van der Waals surface area contributed by atoms with Crippen LogP contribution in [0.25, 0.3) is 0 Å². The smallest absolute Gasteiger partial charge is 0.305 e. The molecular weight excluding hydrogens is 408 g/mol. The fourth-order valence-electron chi connectivity index (χ4n) is 2.37. The molecule has 1 unspecified atom stereocenters. The molecule has 1 heterocycles. The van der Waals surface area contributed by atoms with Gasteiger partial charge in [-0.1, -0.05) is 13.3 Å². The molecular formula is C14H26O11S2. The van der Waals surface area contributed by atoms with Crippen LogP contribution in [0.1, 0.15) is 26.7 Å². The first kappa shape index (κ1) is 24.2. The molecule has 0 saturated carbocycles. The molecule has 0 aromatic carbocycles. The van der Waals surface area contributed by atoms with Crippen LogP contribution in [0.15, 0.2) is 0 Å². The third-order valence-corrected chi connectivity index (χ3v) is 4.66. The van der Waals surface area contributed by atoms with Crippen LogP contribution in [0.5, 0.6) is 0 Å². The summed E-state index contributed by atoms with van der Waals surface area (Å²) in [6.45, 7) is 1.72. The predicted molar refractivity (Wildman–Crippen MR) is 91.6 cm³/mol. The molecule has 0 aliphatic carbocycles. The van der Waals surface area contributed by atoms with E-state index >= 15 is 0 Å². The Kier molecular flexibility index (Phi) is 8.59. The van der Waals surface area contributed by atoms with Gasteiger partial charge in [0.2, 0.25) is 6.29 Å². The molecule has 3 atom stereocenters. The van der Waals surface area contributed by atoms with Crippen LogP contribution in [-0.4, -0.2) is 84.3 Å². The van der Waals surface area contributed by atoms with E-state index in [2.05, 4.69) is 0 Å². The molecule has 1 N–H and O–H groups in total. The number of carbonyl (C=O) groups excluding carboxylic acids is 1. The summed E-state index contributed by atoms with van der Waals surface area (Å²) in [7, 11) is -7.88. The Bertz CT molecular complexity index is 665. The monoisotopic (exact) mass is 434 g/mol. The first-order valence-electron chi connectivity index (χ1n) is 8.13. The van der Waals surface area contributed by atoms with Crippen LogP contribution < -0.4 is 0 Å². The largest absolute Gasteiger partial charge is 0.433 e. The summed E-state index contributed by atoms with van der Waals surface area (Å²) in [5, 5.41) is 10.5. The maximum atomic E-state index is 11.4. The first-order chi connectivity index (χ1) is 12.3. The molecule has 0 bridgehead atoms. The Morgan fingerprint density at radius 2 is 1.63 bits per heavy atom. The number of carbonyl (C=O) groups is 1. The second-order valence-electron chi connectivity index (χ2n) is 6.23. The summed E-state index contributed by atoms with van der Waals surface area (Å²) in [4.78, 5) is 11.2. The zero-order chi connectivity index (χ0) is 20.9. The highest BCUT2D eigenvalue weighted by Gasteiger charge is 2.58. The number of hydrogen-bond acceptors (Lipinski definition) is 11. The summed E-state index contributed by atoms with van der Waals surface area (Å²) in [6.07, 6.45) is -1.34. The van der Waals surface area contributed by atoms with Crippen molar-refractivity contribution < 1.29 is 49.3 Å². The highest BCUT2D eigenvalue weighted by atomic mass is 32.2. The van der Waals surface area contributed by atoms with Gasteiger partial charge in [0.15, 0.2) is 5.60 Å². The van der Waals surface area contributed by atoms with E-state index in [1.54, 1.807) is 0 Å². The Balaban J connectivity index is 3.20. The fourth-order valence-corrected chi connectivity index (χ4v) is 3.20. The van der Waals surface area contributed by atoms with Gasteiger partial charge in [-0.15, -0.1) is 0 Å². The molecule has 1 saturated heterocycles. The van der Waals surface area contributed by atoms with Crippen molar-refractivity contribution in [2.24, 2.45) is 0 Å². The molecule has 27 heavy (non-hydrogen) atoms. The average Bonchev–Trinajstić information content (AvgIpc) is 2.75. The van der Waals surface area contributed by atoms with Gasteiger partial charge in [-0.3, -0.25) is 13.2 Å². The quantitative estimate of drug-likeness (QED) is 0.246. The summed E-state index contributed by atoms with van der Waals surface area (Å²) < 4.78 is 71.2. The molecule has 160 valence electrons. The standard InChI is InChI=1S/C14H26O11S2/c1-5-6-7-21-12-11(16)13(24-10(2)15)25-14(12,8-22-26(3,17)18)9-23-27(4,19)20/h11-13,16H,5-9H2,1-4H3/t11-,12+,13?/m1/s1.